The summed E-state index contributed by atoms with van der Waals surface area (Å²) in [7, 11) is 0. The fourth-order valence-corrected chi connectivity index (χ4v) is 1.46. The highest BCUT2D eigenvalue weighted by Gasteiger charge is 2.32. The minimum atomic E-state index is -0.927. The summed E-state index contributed by atoms with van der Waals surface area (Å²) in [6, 6.07) is 6.33. The lowest BCUT2D eigenvalue weighted by Crippen LogP contribution is -2.33. The van der Waals surface area contributed by atoms with E-state index in [1.807, 2.05) is 0 Å². The zero-order valence-electron chi connectivity index (χ0n) is 8.12. The molecule has 7 nitrogen and oxygen atoms in total. The number of nitrogens with zero attached hydrogens (tertiary/aromatic N) is 2. The lowest BCUT2D eigenvalue weighted by molar-refractivity contribution is -0.0459. The van der Waals surface area contributed by atoms with Crippen molar-refractivity contribution in [3.8, 4) is 5.75 Å². The predicted molar refractivity (Wildman–Crippen MR) is 54.6 cm³/mol. The molecule has 0 radical (unpaired) electrons. The summed E-state index contributed by atoms with van der Waals surface area (Å²) in [5.41, 5.74) is 2.05. The first-order valence-corrected chi connectivity index (χ1v) is 4.48. The second-order valence-electron chi connectivity index (χ2n) is 3.22. The summed E-state index contributed by atoms with van der Waals surface area (Å²) >= 11 is 0. The third-order valence-electron chi connectivity index (χ3n) is 2.26. The Morgan fingerprint density at radius 1 is 1.38 bits per heavy atom. The molecule has 84 valence electrons. The van der Waals surface area contributed by atoms with Crippen molar-refractivity contribution in [1.29, 1.82) is 5.41 Å². The van der Waals surface area contributed by atoms with Gasteiger partial charge in [-0.3, -0.25) is 15.8 Å². The predicted octanol–water partition coefficient (Wildman–Crippen LogP) is 0.450. The largest absolute Gasteiger partial charge is 0.508 e. The van der Waals surface area contributed by atoms with Crippen LogP contribution in [0.2, 0.25) is 0 Å². The molecular formula is C9H10N4O3. The van der Waals surface area contributed by atoms with Crippen molar-refractivity contribution in [2.75, 3.05) is 0 Å². The molecule has 0 spiro atoms. The number of rotatable bonds is 1. The Balaban J connectivity index is 2.40. The van der Waals surface area contributed by atoms with Crippen LogP contribution in [-0.4, -0.2) is 32.3 Å². The van der Waals surface area contributed by atoms with Crippen LogP contribution in [-0.2, 0) is 0 Å². The van der Waals surface area contributed by atoms with Crippen LogP contribution in [0, 0.1) is 5.41 Å². The number of hydroxylamine groups is 3. The average Bonchev–Trinajstić information content (AvgIpc) is 2.57. The van der Waals surface area contributed by atoms with E-state index in [0.29, 0.717) is 10.6 Å². The third-order valence-corrected chi connectivity index (χ3v) is 2.26. The first-order chi connectivity index (χ1) is 7.65. The van der Waals surface area contributed by atoms with Gasteiger partial charge in [-0.2, -0.15) is 0 Å². The van der Waals surface area contributed by atoms with Crippen molar-refractivity contribution in [2.24, 2.45) is 4.99 Å². The summed E-state index contributed by atoms with van der Waals surface area (Å²) in [6.07, 6.45) is -0.927. The number of aromatic hydroxyl groups is 1. The number of phenolic OH excluding ortho intramolecular Hbond substituents is 1. The number of hydrogen-bond donors (Lipinski definition) is 5. The maximum atomic E-state index is 9.57. The molecular weight excluding hydrogens is 212 g/mol. The van der Waals surface area contributed by atoms with Gasteiger partial charge in [-0.1, -0.05) is 18.2 Å². The summed E-state index contributed by atoms with van der Waals surface area (Å²) < 4.78 is 0. The van der Waals surface area contributed by atoms with Crippen LogP contribution in [0.4, 0.5) is 0 Å². The smallest absolute Gasteiger partial charge is 0.192 e. The Bertz CT molecular complexity index is 460. The van der Waals surface area contributed by atoms with E-state index in [-0.39, 0.29) is 17.4 Å². The first kappa shape index (κ1) is 10.4. The van der Waals surface area contributed by atoms with Gasteiger partial charge in [0.1, 0.15) is 5.75 Å². The molecule has 0 fully saturated rings. The SMILES string of the molecule is N=C1C(NO)=NC(c2ccccc2O)N1O. The average molecular weight is 222 g/mol. The number of aliphatic imine (C=N–C) groups is 1. The van der Waals surface area contributed by atoms with E-state index >= 15 is 0 Å². The molecule has 0 amide bonds. The standard InChI is InChI=1S/C9H10N4O3/c10-7-8(12-15)11-9(13(7)16)5-3-1-2-4-6(5)14/h1-4,9-10,14-16H,(H,11,12). The molecule has 2 rings (SSSR count). The van der Waals surface area contributed by atoms with Crippen LogP contribution >= 0.6 is 0 Å². The van der Waals surface area contributed by atoms with Gasteiger partial charge in [0.25, 0.3) is 0 Å². The van der Waals surface area contributed by atoms with E-state index in [1.54, 1.807) is 23.7 Å². The van der Waals surface area contributed by atoms with Crippen LogP contribution in [0.25, 0.3) is 0 Å². The number of hydrogen-bond acceptors (Lipinski definition) is 6. The highest BCUT2D eigenvalue weighted by Crippen LogP contribution is 2.31. The maximum absolute atomic E-state index is 9.57. The maximum Gasteiger partial charge on any atom is 0.192 e. The molecule has 7 heteroatoms. The molecule has 1 aromatic rings. The van der Waals surface area contributed by atoms with Gasteiger partial charge in [-0.05, 0) is 6.07 Å². The highest BCUT2D eigenvalue weighted by atomic mass is 16.5. The molecule has 0 aliphatic carbocycles. The van der Waals surface area contributed by atoms with E-state index in [9.17, 15) is 10.3 Å². The lowest BCUT2D eigenvalue weighted by Gasteiger charge is -2.17. The van der Waals surface area contributed by atoms with Gasteiger partial charge in [-0.25, -0.2) is 15.5 Å². The van der Waals surface area contributed by atoms with Crippen molar-refractivity contribution in [2.45, 2.75) is 6.17 Å². The summed E-state index contributed by atoms with van der Waals surface area (Å²) in [4.78, 5) is 3.85. The van der Waals surface area contributed by atoms with Gasteiger partial charge < -0.3 is 5.11 Å². The molecule has 5 N–H and O–H groups in total. The molecule has 0 saturated carbocycles. The van der Waals surface area contributed by atoms with Crippen molar-refractivity contribution in [1.82, 2.24) is 10.5 Å². The Hall–Kier alpha value is -2.12. The van der Waals surface area contributed by atoms with Crippen molar-refractivity contribution >= 4 is 11.7 Å². The fourth-order valence-electron chi connectivity index (χ4n) is 1.46. The van der Waals surface area contributed by atoms with Gasteiger partial charge in [0.15, 0.2) is 17.8 Å². The lowest BCUT2D eigenvalue weighted by atomic mass is 10.1. The fraction of sp³-hybridized carbons (Fsp3) is 0.111. The Kier molecular flexibility index (Phi) is 2.47. The minimum absolute atomic E-state index is 0.0395. The molecule has 1 heterocycles. The van der Waals surface area contributed by atoms with Crippen molar-refractivity contribution in [3.05, 3.63) is 29.8 Å². The molecule has 1 aliphatic rings. The summed E-state index contributed by atoms with van der Waals surface area (Å²) in [5.74, 6) is -0.561. The highest BCUT2D eigenvalue weighted by molar-refractivity contribution is 6.39. The molecule has 0 aromatic heterocycles. The van der Waals surface area contributed by atoms with Gasteiger partial charge in [0, 0.05) is 5.56 Å². The zero-order valence-corrected chi connectivity index (χ0v) is 8.12. The molecule has 0 bridgehead atoms. The minimum Gasteiger partial charge on any atom is -0.508 e. The molecule has 1 aliphatic heterocycles. The number of nitrogens with one attached hydrogen (secondary N) is 2. The van der Waals surface area contributed by atoms with E-state index in [0.717, 1.165) is 0 Å². The van der Waals surface area contributed by atoms with Gasteiger partial charge in [0.2, 0.25) is 0 Å². The van der Waals surface area contributed by atoms with Gasteiger partial charge >= 0.3 is 0 Å². The quantitative estimate of drug-likeness (QED) is 0.443. The van der Waals surface area contributed by atoms with Crippen LogP contribution in [0.15, 0.2) is 29.3 Å². The van der Waals surface area contributed by atoms with Crippen LogP contribution in [0.5, 0.6) is 5.75 Å². The second-order valence-corrected chi connectivity index (χ2v) is 3.22. The van der Waals surface area contributed by atoms with Crippen LogP contribution in [0.1, 0.15) is 11.7 Å². The van der Waals surface area contributed by atoms with E-state index < -0.39 is 6.17 Å². The number of benzene rings is 1. The van der Waals surface area contributed by atoms with Crippen LogP contribution in [0.3, 0.4) is 0 Å². The third kappa shape index (κ3) is 1.47. The Labute approximate surface area is 90.7 Å². The molecule has 1 atom stereocenters. The molecule has 1 aromatic carbocycles. The first-order valence-electron chi connectivity index (χ1n) is 4.48. The monoisotopic (exact) mass is 222 g/mol. The Morgan fingerprint density at radius 3 is 2.62 bits per heavy atom. The normalized spacial score (nSPS) is 19.9. The zero-order chi connectivity index (χ0) is 11.7. The molecule has 1 unspecified atom stereocenters. The van der Waals surface area contributed by atoms with E-state index in [4.69, 9.17) is 10.6 Å². The topological polar surface area (TPSA) is 112 Å². The van der Waals surface area contributed by atoms with E-state index in [1.165, 1.54) is 6.07 Å². The summed E-state index contributed by atoms with van der Waals surface area (Å²) in [6.45, 7) is 0. The number of amidine groups is 2. The van der Waals surface area contributed by atoms with Crippen molar-refractivity contribution in [3.63, 3.8) is 0 Å². The number of phenols is 1. The number of para-hydroxylation sites is 1. The van der Waals surface area contributed by atoms with E-state index in [2.05, 4.69) is 4.99 Å². The molecule has 16 heavy (non-hydrogen) atoms. The van der Waals surface area contributed by atoms with Crippen molar-refractivity contribution < 1.29 is 15.5 Å². The molecule has 0 saturated heterocycles. The summed E-state index contributed by atoms with van der Waals surface area (Å²) in [5, 5.41) is 35.8. The van der Waals surface area contributed by atoms with Crippen LogP contribution < -0.4 is 5.48 Å². The van der Waals surface area contributed by atoms with Gasteiger partial charge in [-0.15, -0.1) is 0 Å². The Morgan fingerprint density at radius 2 is 2.06 bits per heavy atom. The van der Waals surface area contributed by atoms with Gasteiger partial charge in [0.05, 0.1) is 0 Å². The second kappa shape index (κ2) is 3.80.